The lowest BCUT2D eigenvalue weighted by Crippen LogP contribution is -2.29. The maximum atomic E-state index is 3.73. The van der Waals surface area contributed by atoms with E-state index in [9.17, 15) is 0 Å². The van der Waals surface area contributed by atoms with Crippen molar-refractivity contribution in [1.82, 2.24) is 0 Å². The monoisotopic (exact) mass is 247 g/mol. The molecule has 1 N–H and O–H groups in total. The van der Waals surface area contributed by atoms with Crippen LogP contribution in [0.25, 0.3) is 0 Å². The van der Waals surface area contributed by atoms with Gasteiger partial charge in [-0.05, 0) is 23.6 Å². The van der Waals surface area contributed by atoms with Gasteiger partial charge in [0.05, 0.1) is 0 Å². The lowest BCUT2D eigenvalue weighted by atomic mass is 9.77. The van der Waals surface area contributed by atoms with Gasteiger partial charge in [0.2, 0.25) is 0 Å². The predicted molar refractivity (Wildman–Crippen MR) is 79.5 cm³/mol. The van der Waals surface area contributed by atoms with Crippen molar-refractivity contribution < 1.29 is 0 Å². The lowest BCUT2D eigenvalue weighted by Gasteiger charge is -2.30. The molecular formula is C18H17N. The third-order valence-electron chi connectivity index (χ3n) is 4.42. The molecule has 3 atom stereocenters. The first-order valence-electron chi connectivity index (χ1n) is 7.00. The van der Waals surface area contributed by atoms with E-state index < -0.39 is 0 Å². The minimum absolute atomic E-state index is 0.479. The number of hydrogen-bond donors (Lipinski definition) is 1. The van der Waals surface area contributed by atoms with Crippen molar-refractivity contribution in [1.29, 1.82) is 0 Å². The molecule has 0 amide bonds. The van der Waals surface area contributed by atoms with Gasteiger partial charge in [0.25, 0.3) is 0 Å². The van der Waals surface area contributed by atoms with Crippen LogP contribution in [-0.4, -0.2) is 6.04 Å². The van der Waals surface area contributed by atoms with Crippen molar-refractivity contribution >= 4 is 5.69 Å². The van der Waals surface area contributed by atoms with Crippen molar-refractivity contribution in [3.8, 4) is 0 Å². The van der Waals surface area contributed by atoms with Crippen molar-refractivity contribution in [2.45, 2.75) is 24.3 Å². The number of benzene rings is 2. The average Bonchev–Trinajstić information content (AvgIpc) is 2.87. The summed E-state index contributed by atoms with van der Waals surface area (Å²) in [6.07, 6.45) is 5.87. The summed E-state index contributed by atoms with van der Waals surface area (Å²) in [7, 11) is 0. The molecule has 1 heteroatoms. The molecule has 3 unspecified atom stereocenters. The smallest absolute Gasteiger partial charge is 0.0436 e. The van der Waals surface area contributed by atoms with Crippen molar-refractivity contribution in [3.05, 3.63) is 77.9 Å². The molecule has 2 aromatic rings. The largest absolute Gasteiger partial charge is 0.381 e. The van der Waals surface area contributed by atoms with E-state index in [-0.39, 0.29) is 0 Å². The molecule has 4 rings (SSSR count). The molecule has 1 aliphatic heterocycles. The molecule has 1 heterocycles. The fourth-order valence-corrected chi connectivity index (χ4v) is 3.52. The lowest BCUT2D eigenvalue weighted by molar-refractivity contribution is 0.530. The zero-order chi connectivity index (χ0) is 12.7. The summed E-state index contributed by atoms with van der Waals surface area (Å²) >= 11 is 0. The highest BCUT2D eigenvalue weighted by Crippen LogP contribution is 2.46. The average molecular weight is 247 g/mol. The number of para-hydroxylation sites is 1. The standard InChI is InChI=1S/C18H17N/c1-2-7-13(8-3-1)14-10-6-11-16-15-9-4-5-12-17(15)19-18(14)16/h1-10,12,14,16,18-19H,11H2. The Morgan fingerprint density at radius 2 is 1.68 bits per heavy atom. The summed E-state index contributed by atoms with van der Waals surface area (Å²) in [6, 6.07) is 20.1. The van der Waals surface area contributed by atoms with Gasteiger partial charge in [-0.15, -0.1) is 0 Å². The molecule has 94 valence electrons. The Morgan fingerprint density at radius 3 is 2.58 bits per heavy atom. The van der Waals surface area contributed by atoms with Crippen molar-refractivity contribution in [2.24, 2.45) is 0 Å². The van der Waals surface area contributed by atoms with E-state index in [4.69, 9.17) is 0 Å². The summed E-state index contributed by atoms with van der Waals surface area (Å²) in [6.45, 7) is 0. The van der Waals surface area contributed by atoms with E-state index in [0.29, 0.717) is 17.9 Å². The van der Waals surface area contributed by atoms with Gasteiger partial charge in [0.15, 0.2) is 0 Å². The Labute approximate surface area is 114 Å². The summed E-state index contributed by atoms with van der Waals surface area (Å²) in [5, 5.41) is 3.73. The molecule has 0 saturated heterocycles. The summed E-state index contributed by atoms with van der Waals surface area (Å²) in [5.74, 6) is 1.10. The molecule has 2 aromatic carbocycles. The van der Waals surface area contributed by atoms with Crippen molar-refractivity contribution in [3.63, 3.8) is 0 Å². The molecule has 0 aromatic heterocycles. The first-order chi connectivity index (χ1) is 9.43. The highest BCUT2D eigenvalue weighted by atomic mass is 15.0. The fourth-order valence-electron chi connectivity index (χ4n) is 3.52. The second kappa shape index (κ2) is 4.27. The molecule has 1 aliphatic carbocycles. The Bertz CT molecular complexity index is 615. The Morgan fingerprint density at radius 1 is 0.895 bits per heavy atom. The van der Waals surface area contributed by atoms with E-state index in [0.717, 1.165) is 6.42 Å². The van der Waals surface area contributed by atoms with E-state index in [2.05, 4.69) is 72.1 Å². The number of allylic oxidation sites excluding steroid dienone is 1. The van der Waals surface area contributed by atoms with Gasteiger partial charge in [-0.3, -0.25) is 0 Å². The normalized spacial score (nSPS) is 27.5. The van der Waals surface area contributed by atoms with Crippen LogP contribution in [0.2, 0.25) is 0 Å². The van der Waals surface area contributed by atoms with Crippen LogP contribution in [0.3, 0.4) is 0 Å². The third-order valence-corrected chi connectivity index (χ3v) is 4.42. The first-order valence-corrected chi connectivity index (χ1v) is 7.00. The SMILES string of the molecule is C1=CC(c2ccccc2)C2Nc3ccccc3C2C1. The van der Waals surface area contributed by atoms with Gasteiger partial charge in [-0.1, -0.05) is 60.7 Å². The Hall–Kier alpha value is -2.02. The molecule has 0 bridgehead atoms. The van der Waals surface area contributed by atoms with Gasteiger partial charge in [0.1, 0.15) is 0 Å². The first kappa shape index (κ1) is 10.9. The zero-order valence-corrected chi connectivity index (χ0v) is 10.8. The van der Waals surface area contributed by atoms with Crippen LogP contribution in [0.5, 0.6) is 0 Å². The molecule has 0 radical (unpaired) electrons. The van der Waals surface area contributed by atoms with Crippen LogP contribution in [0.15, 0.2) is 66.7 Å². The number of anilines is 1. The minimum atomic E-state index is 0.479. The minimum Gasteiger partial charge on any atom is -0.381 e. The zero-order valence-electron chi connectivity index (χ0n) is 10.8. The molecule has 0 fully saturated rings. The van der Waals surface area contributed by atoms with Crippen LogP contribution < -0.4 is 5.32 Å². The van der Waals surface area contributed by atoms with Crippen LogP contribution in [0, 0.1) is 0 Å². The quantitative estimate of drug-likeness (QED) is 0.740. The molecule has 0 saturated carbocycles. The van der Waals surface area contributed by atoms with Crippen LogP contribution in [0.4, 0.5) is 5.69 Å². The van der Waals surface area contributed by atoms with Gasteiger partial charge in [-0.2, -0.15) is 0 Å². The van der Waals surface area contributed by atoms with Crippen LogP contribution in [0.1, 0.15) is 29.4 Å². The molecule has 19 heavy (non-hydrogen) atoms. The van der Waals surface area contributed by atoms with E-state index in [1.807, 2.05) is 0 Å². The van der Waals surface area contributed by atoms with Gasteiger partial charge < -0.3 is 5.32 Å². The predicted octanol–water partition coefficient (Wildman–Crippen LogP) is 4.31. The van der Waals surface area contributed by atoms with Crippen molar-refractivity contribution in [2.75, 3.05) is 5.32 Å². The molecule has 0 spiro atoms. The van der Waals surface area contributed by atoms with Gasteiger partial charge >= 0.3 is 0 Å². The maximum Gasteiger partial charge on any atom is 0.0436 e. The highest BCUT2D eigenvalue weighted by molar-refractivity contribution is 5.61. The second-order valence-electron chi connectivity index (χ2n) is 5.46. The number of fused-ring (bicyclic) bond motifs is 3. The van der Waals surface area contributed by atoms with E-state index >= 15 is 0 Å². The second-order valence-corrected chi connectivity index (χ2v) is 5.46. The fraction of sp³-hybridized carbons (Fsp3) is 0.222. The third kappa shape index (κ3) is 1.69. The van der Waals surface area contributed by atoms with E-state index in [1.54, 1.807) is 0 Å². The Balaban J connectivity index is 1.74. The molecule has 1 nitrogen and oxygen atoms in total. The van der Waals surface area contributed by atoms with Gasteiger partial charge in [0, 0.05) is 23.6 Å². The number of rotatable bonds is 1. The topological polar surface area (TPSA) is 12.0 Å². The number of hydrogen-bond acceptors (Lipinski definition) is 1. The van der Waals surface area contributed by atoms with Crippen LogP contribution in [-0.2, 0) is 0 Å². The van der Waals surface area contributed by atoms with Gasteiger partial charge in [-0.25, -0.2) is 0 Å². The Kier molecular flexibility index (Phi) is 2.44. The molecule has 2 aliphatic rings. The summed E-state index contributed by atoms with van der Waals surface area (Å²) in [5.41, 5.74) is 4.22. The highest BCUT2D eigenvalue weighted by Gasteiger charge is 2.37. The van der Waals surface area contributed by atoms with E-state index in [1.165, 1.54) is 16.8 Å². The summed E-state index contributed by atoms with van der Waals surface area (Å²) in [4.78, 5) is 0. The maximum absolute atomic E-state index is 3.73. The summed E-state index contributed by atoms with van der Waals surface area (Å²) < 4.78 is 0. The molecular weight excluding hydrogens is 230 g/mol. The number of nitrogens with one attached hydrogen (secondary N) is 1. The van der Waals surface area contributed by atoms with Crippen LogP contribution >= 0.6 is 0 Å².